The molecule has 0 aromatic heterocycles. The lowest BCUT2D eigenvalue weighted by atomic mass is 10.1. The van der Waals surface area contributed by atoms with Gasteiger partial charge in [0.25, 0.3) is 0 Å². The molecular weight excluding hydrogens is 455 g/mol. The SMILES string of the molecule is CCC(CCC=CCCCCCCCl)OCOCOC(CC)CCC=CCCCCCCCl. The molecule has 0 spiro atoms. The maximum absolute atomic E-state index is 5.87. The third-order valence-electron chi connectivity index (χ3n) is 5.84. The minimum atomic E-state index is 0.250. The van der Waals surface area contributed by atoms with Crippen molar-refractivity contribution < 1.29 is 14.2 Å². The van der Waals surface area contributed by atoms with E-state index in [2.05, 4.69) is 38.2 Å². The predicted octanol–water partition coefficient (Wildman–Crippen LogP) is 9.56. The fourth-order valence-corrected chi connectivity index (χ4v) is 3.97. The van der Waals surface area contributed by atoms with Gasteiger partial charge in [-0.3, -0.25) is 0 Å². The Hall–Kier alpha value is -0.0600. The van der Waals surface area contributed by atoms with Crippen LogP contribution in [0, 0.1) is 0 Å². The molecule has 0 saturated carbocycles. The highest BCUT2D eigenvalue weighted by Crippen LogP contribution is 2.11. The van der Waals surface area contributed by atoms with Gasteiger partial charge in [-0.1, -0.05) is 63.8 Å². The van der Waals surface area contributed by atoms with E-state index >= 15 is 0 Å². The van der Waals surface area contributed by atoms with Crippen LogP contribution in [-0.4, -0.2) is 37.6 Å². The number of hydrogen-bond acceptors (Lipinski definition) is 3. The molecule has 33 heavy (non-hydrogen) atoms. The molecule has 0 rings (SSSR count). The van der Waals surface area contributed by atoms with E-state index < -0.39 is 0 Å². The maximum Gasteiger partial charge on any atom is 0.149 e. The van der Waals surface area contributed by atoms with Crippen LogP contribution in [0.15, 0.2) is 24.3 Å². The van der Waals surface area contributed by atoms with Gasteiger partial charge in [0.2, 0.25) is 0 Å². The first-order valence-corrected chi connectivity index (χ1v) is 14.6. The van der Waals surface area contributed by atoms with E-state index in [4.69, 9.17) is 37.4 Å². The van der Waals surface area contributed by atoms with Crippen molar-refractivity contribution in [3.8, 4) is 0 Å². The van der Waals surface area contributed by atoms with Crippen molar-refractivity contribution in [3.63, 3.8) is 0 Å². The summed E-state index contributed by atoms with van der Waals surface area (Å²) in [5.74, 6) is 1.58. The smallest absolute Gasteiger partial charge is 0.149 e. The zero-order chi connectivity index (χ0) is 24.2. The molecule has 0 amide bonds. The van der Waals surface area contributed by atoms with Crippen LogP contribution in [-0.2, 0) is 14.2 Å². The zero-order valence-electron chi connectivity index (χ0n) is 21.6. The molecule has 0 aliphatic carbocycles. The molecule has 0 radical (unpaired) electrons. The number of allylic oxidation sites excluding steroid dienone is 4. The maximum atomic E-state index is 5.87. The van der Waals surface area contributed by atoms with Gasteiger partial charge >= 0.3 is 0 Å². The van der Waals surface area contributed by atoms with Crippen molar-refractivity contribution in [2.24, 2.45) is 0 Å². The molecule has 196 valence electrons. The quantitative estimate of drug-likeness (QED) is 0.0505. The molecule has 2 atom stereocenters. The summed E-state index contributed by atoms with van der Waals surface area (Å²) in [5, 5.41) is 0. The van der Waals surface area contributed by atoms with Gasteiger partial charge in [0.1, 0.15) is 13.6 Å². The summed E-state index contributed by atoms with van der Waals surface area (Å²) in [6.07, 6.45) is 28.1. The number of ether oxygens (including phenoxy) is 3. The molecular formula is C28H52Cl2O3. The van der Waals surface area contributed by atoms with Gasteiger partial charge in [0, 0.05) is 11.8 Å². The summed E-state index contributed by atoms with van der Waals surface area (Å²) < 4.78 is 17.3. The number of alkyl halides is 2. The molecule has 0 aromatic carbocycles. The van der Waals surface area contributed by atoms with Crippen LogP contribution in [0.3, 0.4) is 0 Å². The van der Waals surface area contributed by atoms with Crippen LogP contribution in [0.5, 0.6) is 0 Å². The summed E-state index contributed by atoms with van der Waals surface area (Å²) >= 11 is 11.4. The Kier molecular flexibility index (Phi) is 28.1. The Balaban J connectivity index is 3.66. The van der Waals surface area contributed by atoms with Crippen molar-refractivity contribution >= 4 is 23.2 Å². The zero-order valence-corrected chi connectivity index (χ0v) is 23.1. The van der Waals surface area contributed by atoms with Crippen LogP contribution < -0.4 is 0 Å². The van der Waals surface area contributed by atoms with Crippen molar-refractivity contribution in [1.29, 1.82) is 0 Å². The first kappa shape index (κ1) is 32.9. The minimum Gasteiger partial charge on any atom is -0.352 e. The second kappa shape index (κ2) is 28.2. The van der Waals surface area contributed by atoms with Crippen molar-refractivity contribution in [2.75, 3.05) is 25.3 Å². The van der Waals surface area contributed by atoms with E-state index in [1.807, 2.05) is 0 Å². The predicted molar refractivity (Wildman–Crippen MR) is 146 cm³/mol. The Labute approximate surface area is 215 Å². The fraction of sp³-hybridized carbons (Fsp3) is 0.857. The van der Waals surface area contributed by atoms with Gasteiger partial charge < -0.3 is 14.2 Å². The monoisotopic (exact) mass is 506 g/mol. The lowest BCUT2D eigenvalue weighted by molar-refractivity contribution is -0.166. The van der Waals surface area contributed by atoms with Gasteiger partial charge in [-0.05, 0) is 77.0 Å². The van der Waals surface area contributed by atoms with Gasteiger partial charge in [0.15, 0.2) is 0 Å². The Morgan fingerprint density at radius 1 is 0.545 bits per heavy atom. The van der Waals surface area contributed by atoms with Gasteiger partial charge in [-0.25, -0.2) is 0 Å². The van der Waals surface area contributed by atoms with Gasteiger partial charge in [0.05, 0.1) is 12.2 Å². The first-order chi connectivity index (χ1) is 16.3. The van der Waals surface area contributed by atoms with Crippen LogP contribution in [0.2, 0.25) is 0 Å². The van der Waals surface area contributed by atoms with Gasteiger partial charge in [-0.15, -0.1) is 23.2 Å². The third kappa shape index (κ3) is 24.9. The number of hydrogen-bond donors (Lipinski definition) is 0. The van der Waals surface area contributed by atoms with E-state index in [1.165, 1.54) is 51.4 Å². The number of halogens is 2. The molecule has 0 heterocycles. The average molecular weight is 508 g/mol. The normalized spacial score (nSPS) is 13.9. The number of rotatable bonds is 26. The van der Waals surface area contributed by atoms with E-state index in [0.29, 0.717) is 13.6 Å². The van der Waals surface area contributed by atoms with Crippen LogP contribution in [0.1, 0.15) is 117 Å². The van der Waals surface area contributed by atoms with E-state index in [-0.39, 0.29) is 12.2 Å². The van der Waals surface area contributed by atoms with Crippen molar-refractivity contribution in [2.45, 2.75) is 129 Å². The molecule has 0 aliphatic rings. The highest BCUT2D eigenvalue weighted by atomic mass is 35.5. The summed E-state index contributed by atoms with van der Waals surface area (Å²) in [4.78, 5) is 0. The lowest BCUT2D eigenvalue weighted by Gasteiger charge is -2.18. The van der Waals surface area contributed by atoms with Gasteiger partial charge in [-0.2, -0.15) is 0 Å². The second-order valence-corrected chi connectivity index (χ2v) is 9.47. The van der Waals surface area contributed by atoms with Crippen LogP contribution in [0.25, 0.3) is 0 Å². The summed E-state index contributed by atoms with van der Waals surface area (Å²) in [7, 11) is 0. The summed E-state index contributed by atoms with van der Waals surface area (Å²) in [5.41, 5.74) is 0. The fourth-order valence-electron chi connectivity index (χ4n) is 3.59. The molecule has 0 N–H and O–H groups in total. The van der Waals surface area contributed by atoms with Crippen LogP contribution in [0.4, 0.5) is 0 Å². The largest absolute Gasteiger partial charge is 0.352 e. The molecule has 0 aliphatic heterocycles. The number of unbranched alkanes of at least 4 members (excludes halogenated alkanes) is 8. The molecule has 2 unspecified atom stereocenters. The Morgan fingerprint density at radius 2 is 0.939 bits per heavy atom. The molecule has 5 heteroatoms. The van der Waals surface area contributed by atoms with Crippen molar-refractivity contribution in [3.05, 3.63) is 24.3 Å². The molecule has 3 nitrogen and oxygen atoms in total. The van der Waals surface area contributed by atoms with E-state index in [9.17, 15) is 0 Å². The minimum absolute atomic E-state index is 0.250. The standard InChI is InChI=1S/C28H52Cl2O3/c1-3-27(21-17-13-9-5-7-11-15-19-23-29)32-25-31-26-33-28(4-2)22-18-14-10-6-8-12-16-20-24-30/h9-10,13-14,27-28H,3-8,11-12,15-26H2,1-2H3. The van der Waals surface area contributed by atoms with Crippen molar-refractivity contribution in [1.82, 2.24) is 0 Å². The highest BCUT2D eigenvalue weighted by Gasteiger charge is 2.07. The molecule has 0 fully saturated rings. The van der Waals surface area contributed by atoms with E-state index in [1.54, 1.807) is 0 Å². The Bertz CT molecular complexity index is 391. The molecule has 0 aromatic rings. The summed E-state index contributed by atoms with van der Waals surface area (Å²) in [6.45, 7) is 4.95. The average Bonchev–Trinajstić information content (AvgIpc) is 2.83. The Morgan fingerprint density at radius 3 is 1.33 bits per heavy atom. The highest BCUT2D eigenvalue weighted by molar-refractivity contribution is 6.18. The van der Waals surface area contributed by atoms with E-state index in [0.717, 1.165) is 63.1 Å². The third-order valence-corrected chi connectivity index (χ3v) is 6.37. The van der Waals surface area contributed by atoms with Crippen LogP contribution >= 0.6 is 23.2 Å². The second-order valence-electron chi connectivity index (χ2n) is 8.71. The molecule has 0 bridgehead atoms. The topological polar surface area (TPSA) is 27.7 Å². The first-order valence-electron chi connectivity index (χ1n) is 13.5. The summed E-state index contributed by atoms with van der Waals surface area (Å²) in [6, 6.07) is 0. The molecule has 0 saturated heterocycles. The lowest BCUT2D eigenvalue weighted by Crippen LogP contribution is -2.18.